The van der Waals surface area contributed by atoms with Gasteiger partial charge in [-0.05, 0) is 0 Å². The topological polar surface area (TPSA) is 83.4 Å². The first-order valence-corrected chi connectivity index (χ1v) is 3.98. The van der Waals surface area contributed by atoms with Crippen LogP contribution < -0.4 is 4.57 Å². The van der Waals surface area contributed by atoms with E-state index < -0.39 is 24.4 Å². The minimum Gasteiger partial charge on any atom is -0.481 e. The van der Waals surface area contributed by atoms with Crippen molar-refractivity contribution in [1.82, 2.24) is 4.57 Å². The molecule has 0 saturated carbocycles. The van der Waals surface area contributed by atoms with Gasteiger partial charge in [-0.2, -0.15) is 0 Å². The second-order valence-corrected chi connectivity index (χ2v) is 2.98. The Morgan fingerprint density at radius 2 is 2.14 bits per heavy atom. The zero-order valence-corrected chi connectivity index (χ0v) is 7.62. The van der Waals surface area contributed by atoms with Gasteiger partial charge in [0.05, 0.1) is 13.5 Å². The Bertz CT molecular complexity index is 358. The van der Waals surface area contributed by atoms with Gasteiger partial charge in [-0.1, -0.05) is 0 Å². The van der Waals surface area contributed by atoms with E-state index in [1.807, 2.05) is 0 Å². The van der Waals surface area contributed by atoms with Crippen molar-refractivity contribution in [2.24, 2.45) is 7.05 Å². The number of imidazole rings is 1. The first-order chi connectivity index (χ1) is 6.50. The van der Waals surface area contributed by atoms with E-state index in [0.29, 0.717) is 0 Å². The third-order valence-corrected chi connectivity index (χ3v) is 1.80. The van der Waals surface area contributed by atoms with E-state index in [1.165, 1.54) is 17.1 Å². The number of carboxylic acid groups (broad SMARTS) is 2. The minimum absolute atomic E-state index is 0.427. The second-order valence-electron chi connectivity index (χ2n) is 2.98. The van der Waals surface area contributed by atoms with Crippen LogP contribution in [0.4, 0.5) is 0 Å². The molecule has 0 radical (unpaired) electrons. The smallest absolute Gasteiger partial charge is 0.349 e. The third kappa shape index (κ3) is 2.32. The van der Waals surface area contributed by atoms with Gasteiger partial charge in [0.15, 0.2) is 0 Å². The number of nitrogens with zero attached hydrogens (tertiary/aromatic N) is 2. The number of rotatable bonds is 4. The van der Waals surface area contributed by atoms with Crippen LogP contribution in [-0.4, -0.2) is 26.7 Å². The third-order valence-electron chi connectivity index (χ3n) is 1.80. The number of aliphatic carboxylic acids is 2. The number of aryl methyl sites for hydroxylation is 1. The van der Waals surface area contributed by atoms with E-state index in [2.05, 4.69) is 0 Å². The van der Waals surface area contributed by atoms with Gasteiger partial charge in [0.2, 0.25) is 12.4 Å². The van der Waals surface area contributed by atoms with Crippen molar-refractivity contribution >= 4 is 11.9 Å². The normalized spacial score (nSPS) is 12.4. The van der Waals surface area contributed by atoms with Gasteiger partial charge in [0.25, 0.3) is 0 Å². The summed E-state index contributed by atoms with van der Waals surface area (Å²) in [6, 6.07) is -1.05. The molecule has 1 rings (SSSR count). The van der Waals surface area contributed by atoms with Crippen LogP contribution in [0.1, 0.15) is 12.5 Å². The number of carboxylic acids is 2. The second kappa shape index (κ2) is 3.91. The molecule has 0 spiro atoms. The first kappa shape index (κ1) is 10.2. The highest BCUT2D eigenvalue weighted by molar-refractivity contribution is 5.79. The highest BCUT2D eigenvalue weighted by atomic mass is 16.4. The molecule has 0 amide bonds. The summed E-state index contributed by atoms with van der Waals surface area (Å²) in [5.74, 6) is -2.28. The molecule has 2 N–H and O–H groups in total. The van der Waals surface area contributed by atoms with E-state index in [9.17, 15) is 9.59 Å². The molecule has 1 aromatic heterocycles. The molecule has 0 bridgehead atoms. The van der Waals surface area contributed by atoms with Gasteiger partial charge in [-0.3, -0.25) is 4.79 Å². The first-order valence-electron chi connectivity index (χ1n) is 3.98. The fraction of sp³-hybridized carbons (Fsp3) is 0.375. The molecule has 14 heavy (non-hydrogen) atoms. The lowest BCUT2D eigenvalue weighted by atomic mass is 10.2. The van der Waals surface area contributed by atoms with E-state index in [4.69, 9.17) is 10.2 Å². The van der Waals surface area contributed by atoms with Gasteiger partial charge < -0.3 is 10.2 Å². The maximum Gasteiger partial charge on any atom is 0.349 e. The Balaban J connectivity index is 2.88. The molecule has 1 heterocycles. The van der Waals surface area contributed by atoms with Crippen molar-refractivity contribution in [2.75, 3.05) is 0 Å². The summed E-state index contributed by atoms with van der Waals surface area (Å²) >= 11 is 0. The lowest BCUT2D eigenvalue weighted by Gasteiger charge is -2.04. The van der Waals surface area contributed by atoms with Gasteiger partial charge in [0.1, 0.15) is 12.4 Å². The number of hydrogen-bond donors (Lipinski definition) is 2. The Kier molecular flexibility index (Phi) is 2.85. The van der Waals surface area contributed by atoms with Crippen LogP contribution in [0.3, 0.4) is 0 Å². The Labute approximate surface area is 80.0 Å². The molecule has 1 atom stereocenters. The molecule has 1 unspecified atom stereocenters. The predicted octanol–water partition coefficient (Wildman–Crippen LogP) is -0.587. The molecule has 0 aliphatic rings. The van der Waals surface area contributed by atoms with Crippen LogP contribution in [0.25, 0.3) is 0 Å². The maximum atomic E-state index is 10.8. The highest BCUT2D eigenvalue weighted by Crippen LogP contribution is 2.10. The van der Waals surface area contributed by atoms with Crippen molar-refractivity contribution in [3.63, 3.8) is 0 Å². The predicted molar refractivity (Wildman–Crippen MR) is 44.5 cm³/mol. The van der Waals surface area contributed by atoms with Gasteiger partial charge in [-0.25, -0.2) is 13.9 Å². The average molecular weight is 199 g/mol. The van der Waals surface area contributed by atoms with Crippen molar-refractivity contribution in [1.29, 1.82) is 0 Å². The molecule has 0 fully saturated rings. The fourth-order valence-corrected chi connectivity index (χ4v) is 1.14. The Hall–Kier alpha value is -1.85. The summed E-state index contributed by atoms with van der Waals surface area (Å²) in [6.07, 6.45) is 4.28. The zero-order chi connectivity index (χ0) is 10.7. The summed E-state index contributed by atoms with van der Waals surface area (Å²) in [7, 11) is 1.73. The number of aromatic nitrogens is 2. The fourth-order valence-electron chi connectivity index (χ4n) is 1.14. The minimum atomic E-state index is -1.15. The van der Waals surface area contributed by atoms with Crippen LogP contribution in [0.5, 0.6) is 0 Å². The molecule has 6 nitrogen and oxygen atoms in total. The average Bonchev–Trinajstić information content (AvgIpc) is 2.46. The number of hydrogen-bond acceptors (Lipinski definition) is 2. The zero-order valence-electron chi connectivity index (χ0n) is 7.62. The quantitative estimate of drug-likeness (QED) is 0.635. The van der Waals surface area contributed by atoms with E-state index >= 15 is 0 Å². The van der Waals surface area contributed by atoms with Crippen LogP contribution in [0.2, 0.25) is 0 Å². The lowest BCUT2D eigenvalue weighted by molar-refractivity contribution is -0.671. The summed E-state index contributed by atoms with van der Waals surface area (Å²) < 4.78 is 3.01. The SMILES string of the molecule is C[n+]1ccn(C(CC(=O)O)C(=O)O)c1. The summed E-state index contributed by atoms with van der Waals surface area (Å²) in [5.41, 5.74) is 0. The highest BCUT2D eigenvalue weighted by Gasteiger charge is 2.27. The van der Waals surface area contributed by atoms with Gasteiger partial charge >= 0.3 is 11.9 Å². The molecule has 0 aliphatic heterocycles. The van der Waals surface area contributed by atoms with Crippen molar-refractivity contribution in [3.05, 3.63) is 18.7 Å². The standard InChI is InChI=1S/C8H10N2O4/c1-9-2-3-10(5-9)6(8(13)14)4-7(11)12/h2-3,5-6H,4H2,1H3,(H-,11,12,13,14)/p+1. The van der Waals surface area contributed by atoms with Crippen molar-refractivity contribution in [2.45, 2.75) is 12.5 Å². The van der Waals surface area contributed by atoms with Crippen LogP contribution in [0, 0.1) is 0 Å². The van der Waals surface area contributed by atoms with Crippen molar-refractivity contribution < 1.29 is 24.4 Å². The van der Waals surface area contributed by atoms with E-state index in [1.54, 1.807) is 17.8 Å². The van der Waals surface area contributed by atoms with Gasteiger partial charge in [0, 0.05) is 0 Å². The molecule has 76 valence electrons. The molecule has 6 heteroatoms. The Morgan fingerprint density at radius 1 is 1.50 bits per heavy atom. The molecular weight excluding hydrogens is 188 g/mol. The summed E-state index contributed by atoms with van der Waals surface area (Å²) in [5, 5.41) is 17.3. The van der Waals surface area contributed by atoms with Crippen molar-refractivity contribution in [3.8, 4) is 0 Å². The summed E-state index contributed by atoms with van der Waals surface area (Å²) in [4.78, 5) is 21.2. The van der Waals surface area contributed by atoms with E-state index in [-0.39, 0.29) is 0 Å². The Morgan fingerprint density at radius 3 is 2.50 bits per heavy atom. The van der Waals surface area contributed by atoms with Gasteiger partial charge in [-0.15, -0.1) is 0 Å². The molecule has 0 aliphatic carbocycles. The maximum absolute atomic E-state index is 10.8. The molecular formula is C8H11N2O4+. The van der Waals surface area contributed by atoms with E-state index in [0.717, 1.165) is 0 Å². The van der Waals surface area contributed by atoms with Crippen LogP contribution >= 0.6 is 0 Å². The molecule has 0 saturated heterocycles. The monoisotopic (exact) mass is 199 g/mol. The summed E-state index contributed by atoms with van der Waals surface area (Å²) in [6.45, 7) is 0. The molecule has 1 aromatic rings. The van der Waals surface area contributed by atoms with Crippen LogP contribution in [0.15, 0.2) is 18.7 Å². The lowest BCUT2D eigenvalue weighted by Crippen LogP contribution is -2.27. The largest absolute Gasteiger partial charge is 0.481 e. The van der Waals surface area contributed by atoms with Crippen LogP contribution in [-0.2, 0) is 16.6 Å². The number of carbonyl (C=O) groups is 2. The molecule has 0 aromatic carbocycles.